The molecule has 0 bridgehead atoms. The van der Waals surface area contributed by atoms with E-state index in [0.717, 1.165) is 30.2 Å². The van der Waals surface area contributed by atoms with Gasteiger partial charge in [-0.3, -0.25) is 4.98 Å². The molecular formula is C12H15ClN4. The number of imidazole rings is 1. The fraction of sp³-hybridized carbons (Fsp3) is 0.333. The maximum atomic E-state index is 6.24. The Morgan fingerprint density at radius 2 is 2.24 bits per heavy atom. The van der Waals surface area contributed by atoms with E-state index in [4.69, 9.17) is 11.6 Å². The van der Waals surface area contributed by atoms with E-state index in [2.05, 4.69) is 15.3 Å². The minimum absolute atomic E-state index is 0.681. The number of hydrogen-bond acceptors (Lipinski definition) is 3. The van der Waals surface area contributed by atoms with Gasteiger partial charge in [-0.1, -0.05) is 17.7 Å². The molecule has 0 saturated heterocycles. The third kappa shape index (κ3) is 2.48. The van der Waals surface area contributed by atoms with Crippen LogP contribution in [0.1, 0.15) is 5.69 Å². The molecular weight excluding hydrogens is 236 g/mol. The van der Waals surface area contributed by atoms with Gasteiger partial charge in [-0.25, -0.2) is 4.98 Å². The predicted molar refractivity (Wildman–Crippen MR) is 69.1 cm³/mol. The maximum Gasteiger partial charge on any atom is 0.159 e. The van der Waals surface area contributed by atoms with Crippen LogP contribution in [0.5, 0.6) is 0 Å². The van der Waals surface area contributed by atoms with E-state index in [1.165, 1.54) is 0 Å². The summed E-state index contributed by atoms with van der Waals surface area (Å²) >= 11 is 6.24. The minimum atomic E-state index is 0.681. The molecule has 5 heteroatoms. The molecule has 90 valence electrons. The fourth-order valence-corrected chi connectivity index (χ4v) is 1.88. The molecule has 2 aromatic heterocycles. The van der Waals surface area contributed by atoms with Crippen molar-refractivity contribution in [1.29, 1.82) is 0 Å². The van der Waals surface area contributed by atoms with Gasteiger partial charge in [0, 0.05) is 26.2 Å². The summed E-state index contributed by atoms with van der Waals surface area (Å²) in [7, 11) is 3.82. The first-order chi connectivity index (χ1) is 8.24. The molecule has 0 fully saturated rings. The highest BCUT2D eigenvalue weighted by atomic mass is 35.5. The minimum Gasteiger partial charge on any atom is -0.319 e. The molecule has 2 aromatic rings. The van der Waals surface area contributed by atoms with E-state index in [1.54, 1.807) is 6.20 Å². The SMILES string of the molecule is CNCCc1nc(-c2ccccn2)n(C)c1Cl. The van der Waals surface area contributed by atoms with Crippen molar-refractivity contribution in [3.63, 3.8) is 0 Å². The Labute approximate surface area is 106 Å². The van der Waals surface area contributed by atoms with Gasteiger partial charge in [-0.2, -0.15) is 0 Å². The van der Waals surface area contributed by atoms with Crippen LogP contribution in [0.3, 0.4) is 0 Å². The summed E-state index contributed by atoms with van der Waals surface area (Å²) in [6, 6.07) is 5.76. The number of likely N-dealkylation sites (N-methyl/N-ethyl adjacent to an activating group) is 1. The fourth-order valence-electron chi connectivity index (χ4n) is 1.66. The van der Waals surface area contributed by atoms with Crippen molar-refractivity contribution < 1.29 is 0 Å². The molecule has 0 unspecified atom stereocenters. The zero-order valence-corrected chi connectivity index (χ0v) is 10.7. The Kier molecular flexibility index (Phi) is 3.76. The predicted octanol–water partition coefficient (Wildman–Crippen LogP) is 1.90. The monoisotopic (exact) mass is 250 g/mol. The number of halogens is 1. The molecule has 0 aliphatic carbocycles. The highest BCUT2D eigenvalue weighted by Crippen LogP contribution is 2.23. The average Bonchev–Trinajstić information content (AvgIpc) is 2.65. The number of hydrogen-bond donors (Lipinski definition) is 1. The van der Waals surface area contributed by atoms with E-state index in [0.29, 0.717) is 5.15 Å². The lowest BCUT2D eigenvalue weighted by molar-refractivity contribution is 0.779. The number of nitrogens with zero attached hydrogens (tertiary/aromatic N) is 3. The molecule has 0 amide bonds. The quantitative estimate of drug-likeness (QED) is 0.901. The van der Waals surface area contributed by atoms with Crippen molar-refractivity contribution in [3.8, 4) is 11.5 Å². The van der Waals surface area contributed by atoms with E-state index >= 15 is 0 Å². The molecule has 2 rings (SSSR count). The van der Waals surface area contributed by atoms with Crippen molar-refractivity contribution in [1.82, 2.24) is 19.9 Å². The number of rotatable bonds is 4. The van der Waals surface area contributed by atoms with Gasteiger partial charge in [0.15, 0.2) is 5.82 Å². The van der Waals surface area contributed by atoms with Crippen molar-refractivity contribution in [3.05, 3.63) is 35.2 Å². The molecule has 4 nitrogen and oxygen atoms in total. The number of pyridine rings is 1. The van der Waals surface area contributed by atoms with Crippen LogP contribution in [0.25, 0.3) is 11.5 Å². The zero-order chi connectivity index (χ0) is 12.3. The Morgan fingerprint density at radius 3 is 2.88 bits per heavy atom. The second kappa shape index (κ2) is 5.29. The summed E-state index contributed by atoms with van der Waals surface area (Å²) in [6.45, 7) is 0.860. The molecule has 0 aliphatic heterocycles. The first kappa shape index (κ1) is 12.1. The average molecular weight is 251 g/mol. The Balaban J connectivity index is 2.36. The van der Waals surface area contributed by atoms with Crippen LogP contribution in [-0.4, -0.2) is 28.1 Å². The molecule has 0 spiro atoms. The van der Waals surface area contributed by atoms with Crippen molar-refractivity contribution in [2.24, 2.45) is 7.05 Å². The van der Waals surface area contributed by atoms with E-state index < -0.39 is 0 Å². The maximum absolute atomic E-state index is 6.24. The molecule has 1 N–H and O–H groups in total. The standard InChI is InChI=1S/C12H15ClN4/c1-14-8-6-9-11(13)17(2)12(16-9)10-5-3-4-7-15-10/h3-5,7,14H,6,8H2,1-2H3. The van der Waals surface area contributed by atoms with Crippen LogP contribution in [-0.2, 0) is 13.5 Å². The van der Waals surface area contributed by atoms with Crippen molar-refractivity contribution >= 4 is 11.6 Å². The molecule has 0 saturated carbocycles. The number of nitrogens with one attached hydrogen (secondary N) is 1. The largest absolute Gasteiger partial charge is 0.319 e. The summed E-state index contributed by atoms with van der Waals surface area (Å²) < 4.78 is 1.87. The molecule has 0 radical (unpaired) electrons. The summed E-state index contributed by atoms with van der Waals surface area (Å²) in [6.07, 6.45) is 2.57. The second-order valence-electron chi connectivity index (χ2n) is 3.80. The van der Waals surface area contributed by atoms with Crippen LogP contribution < -0.4 is 5.32 Å². The third-order valence-electron chi connectivity index (χ3n) is 2.60. The molecule has 0 aromatic carbocycles. The van der Waals surface area contributed by atoms with Gasteiger partial charge in [0.1, 0.15) is 10.8 Å². The summed E-state index contributed by atoms with van der Waals surface area (Å²) in [5, 5.41) is 3.77. The smallest absolute Gasteiger partial charge is 0.159 e. The summed E-state index contributed by atoms with van der Waals surface area (Å²) in [5.74, 6) is 0.807. The van der Waals surface area contributed by atoms with Crippen LogP contribution in [0.2, 0.25) is 5.15 Å². The van der Waals surface area contributed by atoms with Crippen LogP contribution >= 0.6 is 11.6 Å². The molecule has 0 aliphatic rings. The Morgan fingerprint density at radius 1 is 1.41 bits per heavy atom. The highest BCUT2D eigenvalue weighted by molar-refractivity contribution is 6.30. The molecule has 0 atom stereocenters. The lowest BCUT2D eigenvalue weighted by Gasteiger charge is -2.00. The third-order valence-corrected chi connectivity index (χ3v) is 3.07. The highest BCUT2D eigenvalue weighted by Gasteiger charge is 2.14. The van der Waals surface area contributed by atoms with Gasteiger partial charge in [0.25, 0.3) is 0 Å². The van der Waals surface area contributed by atoms with E-state index in [9.17, 15) is 0 Å². The second-order valence-corrected chi connectivity index (χ2v) is 4.16. The Hall–Kier alpha value is -1.39. The molecule has 17 heavy (non-hydrogen) atoms. The van der Waals surface area contributed by atoms with Gasteiger partial charge < -0.3 is 9.88 Å². The lowest BCUT2D eigenvalue weighted by atomic mass is 10.3. The Bertz CT molecular complexity index is 493. The summed E-state index contributed by atoms with van der Waals surface area (Å²) in [4.78, 5) is 8.83. The van der Waals surface area contributed by atoms with E-state index in [1.807, 2.05) is 36.9 Å². The van der Waals surface area contributed by atoms with Gasteiger partial charge in [0.05, 0.1) is 5.69 Å². The normalized spacial score (nSPS) is 10.8. The topological polar surface area (TPSA) is 42.7 Å². The molecule has 2 heterocycles. The lowest BCUT2D eigenvalue weighted by Crippen LogP contribution is -2.10. The van der Waals surface area contributed by atoms with Crippen molar-refractivity contribution in [2.45, 2.75) is 6.42 Å². The summed E-state index contributed by atoms with van der Waals surface area (Å²) in [5.41, 5.74) is 1.75. The van der Waals surface area contributed by atoms with Crippen LogP contribution in [0.15, 0.2) is 24.4 Å². The number of aromatic nitrogens is 3. The van der Waals surface area contributed by atoms with Crippen LogP contribution in [0.4, 0.5) is 0 Å². The van der Waals surface area contributed by atoms with Gasteiger partial charge in [0.2, 0.25) is 0 Å². The first-order valence-electron chi connectivity index (χ1n) is 5.51. The van der Waals surface area contributed by atoms with E-state index in [-0.39, 0.29) is 0 Å². The first-order valence-corrected chi connectivity index (χ1v) is 5.89. The van der Waals surface area contributed by atoms with Gasteiger partial charge >= 0.3 is 0 Å². The zero-order valence-electron chi connectivity index (χ0n) is 9.94. The van der Waals surface area contributed by atoms with Gasteiger partial charge in [-0.15, -0.1) is 0 Å². The van der Waals surface area contributed by atoms with Gasteiger partial charge in [-0.05, 0) is 19.2 Å². The van der Waals surface area contributed by atoms with Crippen molar-refractivity contribution in [2.75, 3.05) is 13.6 Å². The van der Waals surface area contributed by atoms with Crippen LogP contribution in [0, 0.1) is 0 Å².